The molecule has 3 rings (SSSR count). The lowest BCUT2D eigenvalue weighted by atomic mass is 10.2. The molecule has 1 amide bonds. The molecule has 1 heterocycles. The van der Waals surface area contributed by atoms with Gasteiger partial charge in [0.25, 0.3) is 15.9 Å². The molecule has 1 N–H and O–H groups in total. The van der Waals surface area contributed by atoms with Crippen LogP contribution in [0.2, 0.25) is 5.02 Å². The van der Waals surface area contributed by atoms with E-state index >= 15 is 0 Å². The molecule has 0 fully saturated rings. The number of anilines is 1. The molecule has 2 aromatic carbocycles. The number of nitrogens with zero attached hydrogens (tertiary/aromatic N) is 3. The van der Waals surface area contributed by atoms with E-state index in [0.29, 0.717) is 22.8 Å². The zero-order chi connectivity index (χ0) is 20.9. The minimum atomic E-state index is -3.71. The van der Waals surface area contributed by atoms with Gasteiger partial charge in [0.15, 0.2) is 0 Å². The molecule has 0 bridgehead atoms. The first-order valence-corrected chi connectivity index (χ1v) is 10.8. The van der Waals surface area contributed by atoms with Crippen LogP contribution in [0.1, 0.15) is 16.8 Å². The van der Waals surface area contributed by atoms with Crippen molar-refractivity contribution in [1.82, 2.24) is 14.9 Å². The van der Waals surface area contributed by atoms with Gasteiger partial charge in [-0.2, -0.15) is 0 Å². The second-order valence-electron chi connectivity index (χ2n) is 6.38. The topological polar surface area (TPSA) is 84.3 Å². The molecule has 0 aliphatic heterocycles. The van der Waals surface area contributed by atoms with E-state index in [1.54, 1.807) is 36.8 Å². The molecular formula is C20H21ClN4O3S. The minimum absolute atomic E-state index is 0.143. The lowest BCUT2D eigenvalue weighted by molar-refractivity contribution is 0.0952. The summed E-state index contributed by atoms with van der Waals surface area (Å²) >= 11 is 5.83. The van der Waals surface area contributed by atoms with Crippen LogP contribution >= 0.6 is 11.6 Å². The van der Waals surface area contributed by atoms with Crippen molar-refractivity contribution in [3.63, 3.8) is 0 Å². The number of hydrogen-bond acceptors (Lipinski definition) is 4. The Morgan fingerprint density at radius 1 is 1.14 bits per heavy atom. The maximum absolute atomic E-state index is 12.7. The number of carbonyl (C=O) groups is 1. The number of amides is 1. The molecule has 0 aliphatic rings. The first kappa shape index (κ1) is 20.9. The van der Waals surface area contributed by atoms with E-state index in [1.807, 2.05) is 10.8 Å². The fourth-order valence-corrected chi connectivity index (χ4v) is 4.03. The summed E-state index contributed by atoms with van der Waals surface area (Å²) in [5, 5.41) is 3.32. The average Bonchev–Trinajstić information content (AvgIpc) is 3.24. The lowest BCUT2D eigenvalue weighted by Gasteiger charge is -2.19. The molecule has 0 radical (unpaired) electrons. The van der Waals surface area contributed by atoms with Crippen LogP contribution < -0.4 is 9.62 Å². The molecule has 0 saturated carbocycles. The van der Waals surface area contributed by atoms with E-state index in [2.05, 4.69) is 10.3 Å². The first-order chi connectivity index (χ1) is 13.9. The van der Waals surface area contributed by atoms with Gasteiger partial charge in [0.05, 0.1) is 16.9 Å². The number of benzene rings is 2. The number of carbonyl (C=O) groups excluding carboxylic acids is 1. The van der Waals surface area contributed by atoms with Crippen LogP contribution in [0, 0.1) is 0 Å². The van der Waals surface area contributed by atoms with Crippen LogP contribution in [0.5, 0.6) is 0 Å². The summed E-state index contributed by atoms with van der Waals surface area (Å²) < 4.78 is 28.6. The lowest BCUT2D eigenvalue weighted by Crippen LogP contribution is -2.27. The van der Waals surface area contributed by atoms with Crippen molar-refractivity contribution >= 4 is 33.2 Å². The predicted octanol–water partition coefficient (Wildman–Crippen LogP) is 3.18. The molecule has 3 aromatic rings. The molecule has 1 aromatic heterocycles. The van der Waals surface area contributed by atoms with Crippen molar-refractivity contribution in [2.45, 2.75) is 17.9 Å². The normalized spacial score (nSPS) is 11.2. The second kappa shape index (κ2) is 9.11. The summed E-state index contributed by atoms with van der Waals surface area (Å²) in [5.74, 6) is -0.203. The number of halogens is 1. The Labute approximate surface area is 175 Å². The Kier molecular flexibility index (Phi) is 6.56. The molecule has 0 spiro atoms. The number of hydrogen-bond donors (Lipinski definition) is 1. The van der Waals surface area contributed by atoms with E-state index in [4.69, 9.17) is 11.6 Å². The zero-order valence-corrected chi connectivity index (χ0v) is 17.4. The third kappa shape index (κ3) is 5.16. The Morgan fingerprint density at radius 2 is 1.83 bits per heavy atom. The van der Waals surface area contributed by atoms with Gasteiger partial charge in [0.1, 0.15) is 0 Å². The summed E-state index contributed by atoms with van der Waals surface area (Å²) in [6.45, 7) is 1.30. The van der Waals surface area contributed by atoms with E-state index in [0.717, 1.165) is 13.0 Å². The minimum Gasteiger partial charge on any atom is -0.352 e. The monoisotopic (exact) mass is 432 g/mol. The maximum Gasteiger partial charge on any atom is 0.264 e. The van der Waals surface area contributed by atoms with Gasteiger partial charge >= 0.3 is 0 Å². The largest absolute Gasteiger partial charge is 0.352 e. The average molecular weight is 433 g/mol. The Bertz CT molecular complexity index is 1050. The SMILES string of the molecule is CN(c1ccc(C(=O)NCCCn2ccnc2)cc1)S(=O)(=O)c1ccc(Cl)cc1. The third-order valence-electron chi connectivity index (χ3n) is 4.40. The highest BCUT2D eigenvalue weighted by molar-refractivity contribution is 7.92. The molecule has 29 heavy (non-hydrogen) atoms. The highest BCUT2D eigenvalue weighted by atomic mass is 35.5. The number of imidazole rings is 1. The van der Waals surface area contributed by atoms with Crippen LogP contribution in [0.3, 0.4) is 0 Å². The van der Waals surface area contributed by atoms with E-state index in [1.165, 1.54) is 35.6 Å². The van der Waals surface area contributed by atoms with Crippen LogP contribution in [-0.2, 0) is 16.6 Å². The standard InChI is InChI=1S/C20H21ClN4O3S/c1-24(29(27,28)19-9-5-17(21)6-10-19)18-7-3-16(4-8-18)20(26)23-11-2-13-25-14-12-22-15-25/h3-10,12,14-15H,2,11,13H2,1H3,(H,23,26). The van der Waals surface area contributed by atoms with Gasteiger partial charge in [-0.05, 0) is 55.0 Å². The van der Waals surface area contributed by atoms with Crippen molar-refractivity contribution in [2.75, 3.05) is 17.9 Å². The predicted molar refractivity (Wildman–Crippen MR) is 113 cm³/mol. The van der Waals surface area contributed by atoms with Crippen LogP contribution in [0.15, 0.2) is 72.1 Å². The molecule has 0 atom stereocenters. The zero-order valence-electron chi connectivity index (χ0n) is 15.8. The fourth-order valence-electron chi connectivity index (χ4n) is 2.71. The van der Waals surface area contributed by atoms with E-state index < -0.39 is 10.0 Å². The summed E-state index contributed by atoms with van der Waals surface area (Å²) in [6.07, 6.45) is 6.09. The second-order valence-corrected chi connectivity index (χ2v) is 8.79. The molecule has 152 valence electrons. The summed E-state index contributed by atoms with van der Waals surface area (Å²) in [4.78, 5) is 16.4. The number of sulfonamides is 1. The quantitative estimate of drug-likeness (QED) is 0.554. The Balaban J connectivity index is 1.59. The van der Waals surface area contributed by atoms with Crippen LogP contribution in [0.25, 0.3) is 0 Å². The number of nitrogens with one attached hydrogen (secondary N) is 1. The van der Waals surface area contributed by atoms with E-state index in [9.17, 15) is 13.2 Å². The summed E-state index contributed by atoms with van der Waals surface area (Å²) in [7, 11) is -2.25. The van der Waals surface area contributed by atoms with Crippen molar-refractivity contribution in [1.29, 1.82) is 0 Å². The van der Waals surface area contributed by atoms with Gasteiger partial charge in [-0.1, -0.05) is 11.6 Å². The molecule has 7 nitrogen and oxygen atoms in total. The van der Waals surface area contributed by atoms with Crippen LogP contribution in [0.4, 0.5) is 5.69 Å². The Hall–Kier alpha value is -2.84. The molecule has 9 heteroatoms. The molecule has 0 aliphatic carbocycles. The van der Waals surface area contributed by atoms with Gasteiger partial charge in [0, 0.05) is 43.1 Å². The maximum atomic E-state index is 12.7. The third-order valence-corrected chi connectivity index (χ3v) is 6.45. The van der Waals surface area contributed by atoms with Crippen molar-refractivity contribution in [3.05, 3.63) is 77.8 Å². The van der Waals surface area contributed by atoms with Crippen LogP contribution in [-0.4, -0.2) is 37.5 Å². The number of aryl methyl sites for hydroxylation is 1. The molecular weight excluding hydrogens is 412 g/mol. The number of rotatable bonds is 8. The fraction of sp³-hybridized carbons (Fsp3) is 0.200. The van der Waals surface area contributed by atoms with Gasteiger partial charge in [-0.3, -0.25) is 9.10 Å². The first-order valence-electron chi connectivity index (χ1n) is 8.96. The van der Waals surface area contributed by atoms with Crippen molar-refractivity contribution in [3.8, 4) is 0 Å². The van der Waals surface area contributed by atoms with Gasteiger partial charge in [-0.25, -0.2) is 13.4 Å². The van der Waals surface area contributed by atoms with Crippen molar-refractivity contribution in [2.24, 2.45) is 0 Å². The molecule has 0 unspecified atom stereocenters. The smallest absolute Gasteiger partial charge is 0.264 e. The summed E-state index contributed by atoms with van der Waals surface area (Å²) in [6, 6.07) is 12.4. The highest BCUT2D eigenvalue weighted by Gasteiger charge is 2.21. The van der Waals surface area contributed by atoms with Crippen molar-refractivity contribution < 1.29 is 13.2 Å². The van der Waals surface area contributed by atoms with Gasteiger partial charge < -0.3 is 9.88 Å². The number of aromatic nitrogens is 2. The van der Waals surface area contributed by atoms with E-state index in [-0.39, 0.29) is 10.8 Å². The molecule has 0 saturated heterocycles. The van der Waals surface area contributed by atoms with Gasteiger partial charge in [0.2, 0.25) is 0 Å². The highest BCUT2D eigenvalue weighted by Crippen LogP contribution is 2.23. The van der Waals surface area contributed by atoms with Gasteiger partial charge in [-0.15, -0.1) is 0 Å². The summed E-state index contributed by atoms with van der Waals surface area (Å²) in [5.41, 5.74) is 0.922. The Morgan fingerprint density at radius 3 is 2.45 bits per heavy atom.